The Balaban J connectivity index is 1.66. The van der Waals surface area contributed by atoms with Gasteiger partial charge in [-0.25, -0.2) is 0 Å². The summed E-state index contributed by atoms with van der Waals surface area (Å²) in [6.07, 6.45) is 1.32. The van der Waals surface area contributed by atoms with Gasteiger partial charge < -0.3 is 33.2 Å². The third-order valence-corrected chi connectivity index (χ3v) is 6.73. The zero-order chi connectivity index (χ0) is 28.6. The van der Waals surface area contributed by atoms with E-state index in [9.17, 15) is 14.7 Å². The Morgan fingerprint density at radius 1 is 0.975 bits per heavy atom. The summed E-state index contributed by atoms with van der Waals surface area (Å²) >= 11 is 0. The first-order valence-electron chi connectivity index (χ1n) is 12.4. The summed E-state index contributed by atoms with van der Waals surface area (Å²) in [4.78, 5) is 26.3. The quantitative estimate of drug-likeness (QED) is 0.172. The average Bonchev–Trinajstić information content (AvgIpc) is 2.94. The summed E-state index contributed by atoms with van der Waals surface area (Å²) in [6, 6.07) is 11.7. The van der Waals surface area contributed by atoms with Crippen molar-refractivity contribution in [1.82, 2.24) is 0 Å². The molecular weight excluding hydrogens is 516 g/mol. The van der Waals surface area contributed by atoms with Crippen LogP contribution in [0.3, 0.4) is 0 Å². The fraction of sp³-hybridized carbons (Fsp3) is 0.226. The van der Waals surface area contributed by atoms with Crippen LogP contribution in [0.25, 0.3) is 22.1 Å². The Hall–Kier alpha value is -4.92. The van der Waals surface area contributed by atoms with Crippen LogP contribution in [0.1, 0.15) is 30.4 Å². The number of esters is 1. The monoisotopic (exact) mass is 544 g/mol. The van der Waals surface area contributed by atoms with Gasteiger partial charge in [-0.05, 0) is 47.9 Å². The number of phenols is 1. The van der Waals surface area contributed by atoms with Gasteiger partial charge >= 0.3 is 5.97 Å². The molecule has 40 heavy (non-hydrogen) atoms. The van der Waals surface area contributed by atoms with E-state index in [1.54, 1.807) is 30.3 Å². The maximum Gasteiger partial charge on any atom is 0.312 e. The van der Waals surface area contributed by atoms with Crippen LogP contribution in [-0.2, 0) is 4.79 Å². The minimum absolute atomic E-state index is 0.0108. The number of carbonyl (C=O) groups excluding carboxylic acids is 1. The van der Waals surface area contributed by atoms with Crippen molar-refractivity contribution >= 4 is 16.9 Å². The lowest BCUT2D eigenvalue weighted by Crippen LogP contribution is -2.22. The maximum absolute atomic E-state index is 13.7. The Kier molecular flexibility index (Phi) is 7.13. The minimum Gasteiger partial charge on any atom is -0.507 e. The molecule has 0 amide bonds. The van der Waals surface area contributed by atoms with E-state index < -0.39 is 17.3 Å². The molecular formula is C31H28O9. The Morgan fingerprint density at radius 3 is 2.38 bits per heavy atom. The highest BCUT2D eigenvalue weighted by molar-refractivity contribution is 5.94. The molecule has 1 aliphatic rings. The van der Waals surface area contributed by atoms with Crippen LogP contribution in [0.2, 0.25) is 0 Å². The molecule has 0 aliphatic carbocycles. The number of hydrogen-bond donors (Lipinski definition) is 1. The van der Waals surface area contributed by atoms with Gasteiger partial charge in [-0.1, -0.05) is 18.7 Å². The molecule has 0 saturated heterocycles. The van der Waals surface area contributed by atoms with Crippen LogP contribution in [0.15, 0.2) is 70.1 Å². The number of benzene rings is 3. The van der Waals surface area contributed by atoms with Gasteiger partial charge in [-0.3, -0.25) is 9.59 Å². The standard InChI is InChI=1S/C31H28O9/c1-16(2)14-38-23-9-7-17(10-25(23)37-5)19-12-27(33)40-26-13-21(32)29-30(34)20(15-39-31(29)28(19)26)18-6-8-22(35-3)24(11-18)36-4/h6-11,13,15,19,32H,1,12,14H2,2-5H3/t19-/m1/s1. The first kappa shape index (κ1) is 26.7. The fourth-order valence-corrected chi connectivity index (χ4v) is 4.84. The van der Waals surface area contributed by atoms with Gasteiger partial charge in [0.2, 0.25) is 5.43 Å². The predicted molar refractivity (Wildman–Crippen MR) is 148 cm³/mol. The summed E-state index contributed by atoms with van der Waals surface area (Å²) in [5.74, 6) is 0.666. The number of phenolic OH excluding ortho intramolecular Hbond substituents is 1. The molecule has 5 rings (SSSR count). The molecule has 3 aromatic carbocycles. The molecule has 1 N–H and O–H groups in total. The normalized spacial score (nSPS) is 14.3. The van der Waals surface area contributed by atoms with Crippen molar-refractivity contribution < 1.29 is 38.0 Å². The molecule has 0 spiro atoms. The van der Waals surface area contributed by atoms with E-state index in [0.29, 0.717) is 40.7 Å². The molecule has 4 aromatic rings. The topological polar surface area (TPSA) is 114 Å². The molecule has 0 bridgehead atoms. The molecule has 9 nitrogen and oxygen atoms in total. The number of hydrogen-bond acceptors (Lipinski definition) is 9. The van der Waals surface area contributed by atoms with Gasteiger partial charge in [0, 0.05) is 17.5 Å². The molecule has 0 saturated carbocycles. The highest BCUT2D eigenvalue weighted by Gasteiger charge is 2.34. The van der Waals surface area contributed by atoms with Gasteiger partial charge in [0.05, 0.1) is 33.3 Å². The highest BCUT2D eigenvalue weighted by atomic mass is 16.5. The molecule has 2 heterocycles. The number of rotatable bonds is 8. The van der Waals surface area contributed by atoms with Crippen molar-refractivity contribution in [3.8, 4) is 45.6 Å². The highest BCUT2D eigenvalue weighted by Crippen LogP contribution is 2.47. The van der Waals surface area contributed by atoms with Crippen LogP contribution in [0.4, 0.5) is 0 Å². The lowest BCUT2D eigenvalue weighted by molar-refractivity contribution is -0.135. The van der Waals surface area contributed by atoms with Crippen molar-refractivity contribution in [2.45, 2.75) is 19.3 Å². The molecule has 1 aromatic heterocycles. The van der Waals surface area contributed by atoms with E-state index in [1.165, 1.54) is 33.7 Å². The fourth-order valence-electron chi connectivity index (χ4n) is 4.84. The van der Waals surface area contributed by atoms with Crippen molar-refractivity contribution in [3.63, 3.8) is 0 Å². The summed E-state index contributed by atoms with van der Waals surface area (Å²) in [7, 11) is 4.54. The third kappa shape index (κ3) is 4.70. The van der Waals surface area contributed by atoms with Crippen molar-refractivity contribution in [1.29, 1.82) is 0 Å². The van der Waals surface area contributed by atoms with E-state index in [4.69, 9.17) is 28.1 Å². The SMILES string of the molecule is C=C(C)COc1ccc([C@H]2CC(=O)Oc3cc(O)c4c(=O)c(-c5ccc(OC)c(OC)c5)coc4c32)cc1OC. The van der Waals surface area contributed by atoms with Crippen LogP contribution >= 0.6 is 0 Å². The molecule has 0 unspecified atom stereocenters. The summed E-state index contributed by atoms with van der Waals surface area (Å²) < 4.78 is 33.5. The Labute approximate surface area is 230 Å². The van der Waals surface area contributed by atoms with Crippen LogP contribution < -0.4 is 29.1 Å². The second-order valence-corrected chi connectivity index (χ2v) is 9.45. The smallest absolute Gasteiger partial charge is 0.312 e. The zero-order valence-electron chi connectivity index (χ0n) is 22.5. The number of ether oxygens (including phenoxy) is 5. The first-order valence-corrected chi connectivity index (χ1v) is 12.4. The minimum atomic E-state index is -0.543. The van der Waals surface area contributed by atoms with E-state index in [0.717, 1.165) is 11.1 Å². The lowest BCUT2D eigenvalue weighted by atomic mass is 9.84. The molecule has 206 valence electrons. The van der Waals surface area contributed by atoms with Crippen molar-refractivity contribution in [2.75, 3.05) is 27.9 Å². The third-order valence-electron chi connectivity index (χ3n) is 6.73. The Bertz CT molecular complexity index is 1700. The molecule has 9 heteroatoms. The van der Waals surface area contributed by atoms with Gasteiger partial charge in [0.25, 0.3) is 0 Å². The van der Waals surface area contributed by atoms with Crippen LogP contribution in [0.5, 0.6) is 34.5 Å². The van der Waals surface area contributed by atoms with Gasteiger partial charge in [0.1, 0.15) is 35.3 Å². The van der Waals surface area contributed by atoms with E-state index >= 15 is 0 Å². The molecule has 1 atom stereocenters. The number of fused-ring (bicyclic) bond motifs is 3. The zero-order valence-corrected chi connectivity index (χ0v) is 22.5. The second-order valence-electron chi connectivity index (χ2n) is 9.45. The van der Waals surface area contributed by atoms with Crippen molar-refractivity contribution in [2.24, 2.45) is 0 Å². The van der Waals surface area contributed by atoms with E-state index in [2.05, 4.69) is 6.58 Å². The predicted octanol–water partition coefficient (Wildman–Crippen LogP) is 5.59. The van der Waals surface area contributed by atoms with E-state index in [1.807, 2.05) is 13.0 Å². The van der Waals surface area contributed by atoms with Crippen LogP contribution in [0, 0.1) is 0 Å². The summed E-state index contributed by atoms with van der Waals surface area (Å²) in [6.45, 7) is 6.03. The molecule has 0 fully saturated rings. The average molecular weight is 545 g/mol. The largest absolute Gasteiger partial charge is 0.507 e. The van der Waals surface area contributed by atoms with Gasteiger partial charge in [-0.15, -0.1) is 0 Å². The van der Waals surface area contributed by atoms with Crippen molar-refractivity contribution in [3.05, 3.63) is 82.2 Å². The Morgan fingerprint density at radius 2 is 1.68 bits per heavy atom. The van der Waals surface area contributed by atoms with Crippen LogP contribution in [-0.4, -0.2) is 39.0 Å². The number of methoxy groups -OCH3 is 3. The summed E-state index contributed by atoms with van der Waals surface area (Å²) in [5, 5.41) is 10.9. The first-order chi connectivity index (χ1) is 19.2. The maximum atomic E-state index is 13.7. The molecule has 1 aliphatic heterocycles. The lowest BCUT2D eigenvalue weighted by Gasteiger charge is -2.26. The van der Waals surface area contributed by atoms with Gasteiger partial charge in [-0.2, -0.15) is 0 Å². The number of aromatic hydroxyl groups is 1. The molecule has 0 radical (unpaired) electrons. The summed E-state index contributed by atoms with van der Waals surface area (Å²) in [5.41, 5.74) is 2.45. The van der Waals surface area contributed by atoms with Gasteiger partial charge in [0.15, 0.2) is 23.0 Å². The van der Waals surface area contributed by atoms with E-state index in [-0.39, 0.29) is 34.5 Å². The number of carbonyl (C=O) groups is 1. The second kappa shape index (κ2) is 10.7.